The van der Waals surface area contributed by atoms with Gasteiger partial charge in [-0.2, -0.15) is 0 Å². The Balaban J connectivity index is 2.66. The van der Waals surface area contributed by atoms with Crippen LogP contribution in [0.1, 0.15) is 32.3 Å². The predicted octanol–water partition coefficient (Wildman–Crippen LogP) is 3.51. The van der Waals surface area contributed by atoms with Gasteiger partial charge in [-0.05, 0) is 24.1 Å². The first-order valence-electron chi connectivity index (χ1n) is 5.51. The average Bonchev–Trinajstić information content (AvgIpc) is 2.24. The minimum Gasteiger partial charge on any atom is -0.299 e. The number of hydrogen-bond donors (Lipinski definition) is 0. The molecular weight excluding hydrogens is 210 g/mol. The summed E-state index contributed by atoms with van der Waals surface area (Å²) in [7, 11) is 0. The van der Waals surface area contributed by atoms with Gasteiger partial charge in [0, 0.05) is 12.3 Å². The van der Waals surface area contributed by atoms with Gasteiger partial charge in [-0.25, -0.2) is 8.78 Å². The second-order valence-corrected chi connectivity index (χ2v) is 4.08. The summed E-state index contributed by atoms with van der Waals surface area (Å²) < 4.78 is 25.5. The Labute approximate surface area is 94.5 Å². The van der Waals surface area contributed by atoms with Crippen LogP contribution in [0.15, 0.2) is 18.2 Å². The summed E-state index contributed by atoms with van der Waals surface area (Å²) in [5.41, 5.74) is 0.534. The number of carbonyl (C=O) groups excluding carboxylic acids is 1. The van der Waals surface area contributed by atoms with E-state index in [1.165, 1.54) is 6.07 Å². The van der Waals surface area contributed by atoms with Crippen molar-refractivity contribution in [3.8, 4) is 0 Å². The van der Waals surface area contributed by atoms with Crippen LogP contribution in [-0.2, 0) is 11.2 Å². The van der Waals surface area contributed by atoms with Gasteiger partial charge in [0.05, 0.1) is 0 Å². The Kier molecular flexibility index (Phi) is 4.59. The largest absolute Gasteiger partial charge is 0.299 e. The van der Waals surface area contributed by atoms with Crippen LogP contribution in [0.5, 0.6) is 0 Å². The van der Waals surface area contributed by atoms with E-state index >= 15 is 0 Å². The van der Waals surface area contributed by atoms with Crippen molar-refractivity contribution in [2.24, 2.45) is 5.92 Å². The molecular formula is C13H16F2O. The number of halogens is 2. The molecule has 1 nitrogen and oxygen atoms in total. The lowest BCUT2D eigenvalue weighted by Crippen LogP contribution is -2.13. The summed E-state index contributed by atoms with van der Waals surface area (Å²) in [6.45, 7) is 3.88. The molecule has 0 heterocycles. The maximum absolute atomic E-state index is 12.9. The standard InChI is InChI=1S/C13H16F2O/c1-3-4-9(2)13(16)8-10-5-6-11(14)12(15)7-10/h5-7,9H,3-4,8H2,1-2H3. The monoisotopic (exact) mass is 226 g/mol. The van der Waals surface area contributed by atoms with Crippen LogP contribution >= 0.6 is 0 Å². The highest BCUT2D eigenvalue weighted by Gasteiger charge is 2.13. The van der Waals surface area contributed by atoms with Crippen molar-refractivity contribution in [2.75, 3.05) is 0 Å². The molecule has 0 aliphatic carbocycles. The van der Waals surface area contributed by atoms with Crippen LogP contribution in [0.4, 0.5) is 8.78 Å². The second-order valence-electron chi connectivity index (χ2n) is 4.08. The van der Waals surface area contributed by atoms with Crippen molar-refractivity contribution in [2.45, 2.75) is 33.1 Å². The van der Waals surface area contributed by atoms with E-state index in [9.17, 15) is 13.6 Å². The third-order valence-electron chi connectivity index (χ3n) is 2.63. The molecule has 16 heavy (non-hydrogen) atoms. The highest BCUT2D eigenvalue weighted by atomic mass is 19.2. The molecule has 1 atom stereocenters. The van der Waals surface area contributed by atoms with E-state index in [0.717, 1.165) is 25.0 Å². The van der Waals surface area contributed by atoms with Crippen molar-refractivity contribution in [1.29, 1.82) is 0 Å². The Morgan fingerprint density at radius 2 is 2.00 bits per heavy atom. The van der Waals surface area contributed by atoms with Crippen molar-refractivity contribution in [3.05, 3.63) is 35.4 Å². The van der Waals surface area contributed by atoms with Crippen molar-refractivity contribution < 1.29 is 13.6 Å². The molecule has 0 aromatic heterocycles. The lowest BCUT2D eigenvalue weighted by molar-refractivity contribution is -0.121. The van der Waals surface area contributed by atoms with Gasteiger partial charge in [0.25, 0.3) is 0 Å². The van der Waals surface area contributed by atoms with Crippen LogP contribution in [-0.4, -0.2) is 5.78 Å². The van der Waals surface area contributed by atoms with Gasteiger partial charge in [0.15, 0.2) is 11.6 Å². The van der Waals surface area contributed by atoms with E-state index in [1.807, 2.05) is 13.8 Å². The number of rotatable bonds is 5. The van der Waals surface area contributed by atoms with Crippen molar-refractivity contribution >= 4 is 5.78 Å². The van der Waals surface area contributed by atoms with E-state index in [0.29, 0.717) is 5.56 Å². The van der Waals surface area contributed by atoms with Crippen LogP contribution in [0.3, 0.4) is 0 Å². The summed E-state index contributed by atoms with van der Waals surface area (Å²) in [6, 6.07) is 3.60. The van der Waals surface area contributed by atoms with Gasteiger partial charge < -0.3 is 0 Å². The first kappa shape index (κ1) is 12.8. The summed E-state index contributed by atoms with van der Waals surface area (Å²) in [4.78, 5) is 11.7. The smallest absolute Gasteiger partial charge is 0.159 e. The fourth-order valence-electron chi connectivity index (χ4n) is 1.62. The highest BCUT2D eigenvalue weighted by molar-refractivity contribution is 5.82. The molecule has 0 aliphatic heterocycles. The zero-order valence-electron chi connectivity index (χ0n) is 9.59. The van der Waals surface area contributed by atoms with Crippen LogP contribution < -0.4 is 0 Å². The van der Waals surface area contributed by atoms with E-state index < -0.39 is 11.6 Å². The zero-order chi connectivity index (χ0) is 12.1. The van der Waals surface area contributed by atoms with E-state index in [1.54, 1.807) is 0 Å². The quantitative estimate of drug-likeness (QED) is 0.750. The van der Waals surface area contributed by atoms with E-state index in [2.05, 4.69) is 0 Å². The molecule has 3 heteroatoms. The lowest BCUT2D eigenvalue weighted by Gasteiger charge is -2.08. The molecule has 88 valence electrons. The Morgan fingerprint density at radius 3 is 2.56 bits per heavy atom. The van der Waals surface area contributed by atoms with Gasteiger partial charge in [-0.1, -0.05) is 26.3 Å². The maximum Gasteiger partial charge on any atom is 0.159 e. The fraction of sp³-hybridized carbons (Fsp3) is 0.462. The van der Waals surface area contributed by atoms with Crippen LogP contribution in [0.2, 0.25) is 0 Å². The van der Waals surface area contributed by atoms with Gasteiger partial charge in [0.1, 0.15) is 5.78 Å². The molecule has 0 bridgehead atoms. The number of Topliss-reactive ketones (excluding diaryl/α,β-unsaturated/α-hetero) is 1. The Bertz CT molecular complexity index is 374. The number of carbonyl (C=O) groups is 1. The summed E-state index contributed by atoms with van der Waals surface area (Å²) in [6.07, 6.45) is 1.96. The van der Waals surface area contributed by atoms with E-state index in [-0.39, 0.29) is 18.1 Å². The SMILES string of the molecule is CCCC(C)C(=O)Cc1ccc(F)c(F)c1. The van der Waals surface area contributed by atoms with Crippen LogP contribution in [0, 0.1) is 17.6 Å². The number of ketones is 1. The number of benzene rings is 1. The van der Waals surface area contributed by atoms with E-state index in [4.69, 9.17) is 0 Å². The topological polar surface area (TPSA) is 17.1 Å². The molecule has 1 aromatic carbocycles. The molecule has 0 saturated carbocycles. The first-order chi connectivity index (χ1) is 7.54. The first-order valence-corrected chi connectivity index (χ1v) is 5.51. The molecule has 1 unspecified atom stereocenters. The van der Waals surface area contributed by atoms with Crippen molar-refractivity contribution in [1.82, 2.24) is 0 Å². The molecule has 0 fully saturated rings. The molecule has 0 aliphatic rings. The molecule has 0 N–H and O–H groups in total. The molecule has 0 saturated heterocycles. The molecule has 0 amide bonds. The molecule has 1 aromatic rings. The summed E-state index contributed by atoms with van der Waals surface area (Å²) >= 11 is 0. The third kappa shape index (κ3) is 3.40. The molecule has 1 rings (SSSR count). The number of hydrogen-bond acceptors (Lipinski definition) is 1. The van der Waals surface area contributed by atoms with Gasteiger partial charge >= 0.3 is 0 Å². The second kappa shape index (κ2) is 5.73. The molecule has 0 spiro atoms. The summed E-state index contributed by atoms with van der Waals surface area (Å²) in [5.74, 6) is -1.71. The van der Waals surface area contributed by atoms with Crippen LogP contribution in [0.25, 0.3) is 0 Å². The Morgan fingerprint density at radius 1 is 1.31 bits per heavy atom. The minimum atomic E-state index is -0.895. The third-order valence-corrected chi connectivity index (χ3v) is 2.63. The fourth-order valence-corrected chi connectivity index (χ4v) is 1.62. The minimum absolute atomic E-state index is 0.0156. The Hall–Kier alpha value is -1.25. The summed E-state index contributed by atoms with van der Waals surface area (Å²) in [5, 5.41) is 0. The normalized spacial score (nSPS) is 12.5. The van der Waals surface area contributed by atoms with Gasteiger partial charge in [-0.15, -0.1) is 0 Å². The van der Waals surface area contributed by atoms with Gasteiger partial charge in [-0.3, -0.25) is 4.79 Å². The maximum atomic E-state index is 12.9. The predicted molar refractivity (Wildman–Crippen MR) is 59.1 cm³/mol. The average molecular weight is 226 g/mol. The van der Waals surface area contributed by atoms with Crippen molar-refractivity contribution in [3.63, 3.8) is 0 Å². The van der Waals surface area contributed by atoms with Gasteiger partial charge in [0.2, 0.25) is 0 Å². The highest BCUT2D eigenvalue weighted by Crippen LogP contribution is 2.13. The zero-order valence-corrected chi connectivity index (χ0v) is 9.59. The molecule has 0 radical (unpaired) electrons. The lowest BCUT2D eigenvalue weighted by atomic mass is 9.96.